The van der Waals surface area contributed by atoms with Crippen LogP contribution in [-0.2, 0) is 4.52 Å². The molecule has 0 heterocycles. The van der Waals surface area contributed by atoms with Gasteiger partial charge in [-0.05, 0) is 43.5 Å². The molecule has 0 saturated heterocycles. The lowest BCUT2D eigenvalue weighted by molar-refractivity contribution is 0.257. The highest BCUT2D eigenvalue weighted by molar-refractivity contribution is 7.42. The first kappa shape index (κ1) is 20.7. The first-order valence-electron chi connectivity index (χ1n) is 9.61. The number of hydrogen-bond donors (Lipinski definition) is 0. The minimum Gasteiger partial charge on any atom is -0.417 e. The maximum atomic E-state index is 6.07. The van der Waals surface area contributed by atoms with Crippen LogP contribution >= 0.6 is 8.60 Å². The zero-order chi connectivity index (χ0) is 18.6. The van der Waals surface area contributed by atoms with Crippen molar-refractivity contribution in [1.29, 1.82) is 0 Å². The van der Waals surface area contributed by atoms with E-state index < -0.39 is 8.60 Å². The predicted octanol–water partition coefficient (Wildman–Crippen LogP) is 7.37. The van der Waals surface area contributed by atoms with Crippen LogP contribution in [0.1, 0.15) is 56.6 Å². The molecule has 0 saturated carbocycles. The molecule has 0 N–H and O–H groups in total. The van der Waals surface area contributed by atoms with E-state index in [4.69, 9.17) is 13.6 Å². The number of benzene rings is 2. The largest absolute Gasteiger partial charge is 0.463 e. The minimum atomic E-state index is -1.47. The van der Waals surface area contributed by atoms with Gasteiger partial charge in [0.1, 0.15) is 11.5 Å². The van der Waals surface area contributed by atoms with Gasteiger partial charge in [0, 0.05) is 0 Å². The fraction of sp³-hybridized carbons (Fsp3) is 0.455. The SMILES string of the molecule is CCCCCCCCOP(Oc1ccccc1C)Oc1ccccc1C. The standard InChI is InChI=1S/C22H31O3P/c1-4-5-6-7-8-13-18-23-26(24-21-16-11-9-14-19(21)2)25-22-17-12-10-15-20(22)3/h9-12,14-17H,4-8,13,18H2,1-3H3. The topological polar surface area (TPSA) is 27.7 Å². The summed E-state index contributed by atoms with van der Waals surface area (Å²) in [5.74, 6) is 1.63. The summed E-state index contributed by atoms with van der Waals surface area (Å²) >= 11 is 0. The molecule has 0 aliphatic rings. The molecule has 2 aromatic rings. The van der Waals surface area contributed by atoms with E-state index in [2.05, 4.69) is 6.92 Å². The molecule has 0 amide bonds. The summed E-state index contributed by atoms with van der Waals surface area (Å²) < 4.78 is 18.1. The summed E-state index contributed by atoms with van der Waals surface area (Å²) in [6.45, 7) is 6.96. The maximum absolute atomic E-state index is 6.07. The monoisotopic (exact) mass is 374 g/mol. The van der Waals surface area contributed by atoms with Crippen molar-refractivity contribution in [2.45, 2.75) is 59.3 Å². The molecule has 2 aromatic carbocycles. The van der Waals surface area contributed by atoms with Crippen LogP contribution in [-0.4, -0.2) is 6.61 Å². The zero-order valence-electron chi connectivity index (χ0n) is 16.2. The van der Waals surface area contributed by atoms with Crippen molar-refractivity contribution in [2.24, 2.45) is 0 Å². The van der Waals surface area contributed by atoms with Gasteiger partial charge >= 0.3 is 8.60 Å². The van der Waals surface area contributed by atoms with E-state index in [1.807, 2.05) is 62.4 Å². The fourth-order valence-corrected chi connectivity index (χ4v) is 3.72. The van der Waals surface area contributed by atoms with Crippen LogP contribution in [0.25, 0.3) is 0 Å². The van der Waals surface area contributed by atoms with Crippen molar-refractivity contribution in [3.8, 4) is 11.5 Å². The van der Waals surface area contributed by atoms with Crippen molar-refractivity contribution in [1.82, 2.24) is 0 Å². The highest BCUT2D eigenvalue weighted by Crippen LogP contribution is 2.43. The molecule has 0 spiro atoms. The molecule has 0 radical (unpaired) electrons. The Hall–Kier alpha value is -1.57. The maximum Gasteiger partial charge on any atom is 0.463 e. The number of aryl methyl sites for hydroxylation is 2. The molecule has 2 rings (SSSR count). The van der Waals surface area contributed by atoms with Crippen molar-refractivity contribution in [3.05, 3.63) is 59.7 Å². The first-order valence-corrected chi connectivity index (χ1v) is 10.7. The lowest BCUT2D eigenvalue weighted by Crippen LogP contribution is -2.03. The summed E-state index contributed by atoms with van der Waals surface area (Å²) in [4.78, 5) is 0. The first-order chi connectivity index (χ1) is 12.7. The lowest BCUT2D eigenvalue weighted by atomic mass is 10.1. The van der Waals surface area contributed by atoms with Gasteiger partial charge in [-0.25, -0.2) is 0 Å². The van der Waals surface area contributed by atoms with E-state index in [0.29, 0.717) is 6.61 Å². The van der Waals surface area contributed by atoms with Crippen molar-refractivity contribution in [3.63, 3.8) is 0 Å². The molecule has 0 aliphatic carbocycles. The van der Waals surface area contributed by atoms with Crippen LogP contribution in [0.2, 0.25) is 0 Å². The Morgan fingerprint density at radius 3 is 1.73 bits per heavy atom. The third-order valence-electron chi connectivity index (χ3n) is 4.23. The van der Waals surface area contributed by atoms with Crippen molar-refractivity contribution < 1.29 is 13.6 Å². The van der Waals surface area contributed by atoms with E-state index in [1.165, 1.54) is 32.1 Å². The van der Waals surface area contributed by atoms with Crippen LogP contribution in [0.4, 0.5) is 0 Å². The quantitative estimate of drug-likeness (QED) is 0.287. The molecular formula is C22H31O3P. The van der Waals surface area contributed by atoms with E-state index >= 15 is 0 Å². The molecule has 0 aromatic heterocycles. The average molecular weight is 374 g/mol. The Morgan fingerprint density at radius 2 is 1.19 bits per heavy atom. The molecule has 0 atom stereocenters. The zero-order valence-corrected chi connectivity index (χ0v) is 17.1. The molecule has 3 nitrogen and oxygen atoms in total. The highest BCUT2D eigenvalue weighted by Gasteiger charge is 2.19. The summed E-state index contributed by atoms with van der Waals surface area (Å²) in [6, 6.07) is 15.9. The van der Waals surface area contributed by atoms with Gasteiger partial charge < -0.3 is 9.05 Å². The minimum absolute atomic E-state index is 0.662. The number of hydrogen-bond acceptors (Lipinski definition) is 3. The van der Waals surface area contributed by atoms with Gasteiger partial charge in [0.25, 0.3) is 0 Å². The highest BCUT2D eigenvalue weighted by atomic mass is 31.2. The number of para-hydroxylation sites is 2. The summed E-state index contributed by atoms with van der Waals surface area (Å²) in [5.41, 5.74) is 2.16. The van der Waals surface area contributed by atoms with Crippen LogP contribution in [0.15, 0.2) is 48.5 Å². The summed E-state index contributed by atoms with van der Waals surface area (Å²) in [6.07, 6.45) is 7.41. The van der Waals surface area contributed by atoms with Crippen LogP contribution in [0, 0.1) is 13.8 Å². The van der Waals surface area contributed by atoms with Gasteiger partial charge in [0.15, 0.2) is 0 Å². The molecular weight excluding hydrogens is 343 g/mol. The van der Waals surface area contributed by atoms with Gasteiger partial charge in [-0.2, -0.15) is 0 Å². The van der Waals surface area contributed by atoms with Crippen LogP contribution < -0.4 is 9.05 Å². The average Bonchev–Trinajstić information content (AvgIpc) is 2.64. The van der Waals surface area contributed by atoms with Gasteiger partial charge in [0.2, 0.25) is 0 Å². The Bertz CT molecular complexity index is 597. The number of rotatable bonds is 12. The Labute approximate surface area is 159 Å². The normalized spacial score (nSPS) is 10.9. The van der Waals surface area contributed by atoms with E-state index in [-0.39, 0.29) is 0 Å². The summed E-state index contributed by atoms with van der Waals surface area (Å²) in [5, 5.41) is 0. The second kappa shape index (κ2) is 11.9. The van der Waals surface area contributed by atoms with Gasteiger partial charge in [0.05, 0.1) is 6.61 Å². The third-order valence-corrected chi connectivity index (χ3v) is 5.31. The summed E-state index contributed by atoms with van der Waals surface area (Å²) in [7, 11) is -1.47. The molecule has 26 heavy (non-hydrogen) atoms. The second-order valence-electron chi connectivity index (χ2n) is 6.54. The van der Waals surface area contributed by atoms with Crippen molar-refractivity contribution >= 4 is 8.60 Å². The van der Waals surface area contributed by atoms with E-state index in [0.717, 1.165) is 29.0 Å². The predicted molar refractivity (Wildman–Crippen MR) is 110 cm³/mol. The van der Waals surface area contributed by atoms with E-state index in [1.54, 1.807) is 0 Å². The van der Waals surface area contributed by atoms with Gasteiger partial charge in [-0.15, -0.1) is 0 Å². The van der Waals surface area contributed by atoms with Crippen LogP contribution in [0.3, 0.4) is 0 Å². The Morgan fingerprint density at radius 1 is 0.692 bits per heavy atom. The molecule has 0 bridgehead atoms. The molecule has 142 valence electrons. The Kier molecular flexibility index (Phi) is 9.52. The third kappa shape index (κ3) is 7.35. The number of unbranched alkanes of at least 4 members (excludes halogenated alkanes) is 5. The van der Waals surface area contributed by atoms with E-state index in [9.17, 15) is 0 Å². The molecule has 0 aliphatic heterocycles. The fourth-order valence-electron chi connectivity index (χ4n) is 2.57. The van der Waals surface area contributed by atoms with Gasteiger partial charge in [-0.3, -0.25) is 4.52 Å². The van der Waals surface area contributed by atoms with Gasteiger partial charge in [-0.1, -0.05) is 75.4 Å². The van der Waals surface area contributed by atoms with Crippen LogP contribution in [0.5, 0.6) is 11.5 Å². The molecule has 0 unspecified atom stereocenters. The van der Waals surface area contributed by atoms with Crippen molar-refractivity contribution in [2.75, 3.05) is 6.61 Å². The lowest BCUT2D eigenvalue weighted by Gasteiger charge is -2.19. The smallest absolute Gasteiger partial charge is 0.417 e. The second-order valence-corrected chi connectivity index (χ2v) is 7.61. The molecule has 0 fully saturated rings. The Balaban J connectivity index is 1.91. The molecule has 4 heteroatoms.